The van der Waals surface area contributed by atoms with Crippen molar-refractivity contribution in [2.24, 2.45) is 0 Å². The second kappa shape index (κ2) is 4.70. The van der Waals surface area contributed by atoms with Crippen LogP contribution in [0.3, 0.4) is 0 Å². The molecule has 3 rings (SSSR count). The molecule has 1 aromatic rings. The van der Waals surface area contributed by atoms with E-state index in [-0.39, 0.29) is 0 Å². The Balaban J connectivity index is 2.01. The van der Waals surface area contributed by atoms with E-state index in [9.17, 15) is 13.2 Å². The number of hydrogen-bond donors (Lipinski definition) is 1. The standard InChI is InChI=1S/C12H17F3N4/c13-12(14,15)11-17-10(18-5-2-1-3-6-18)9-8-16-4-7-19(9)11/h16H,1-8H2. The SMILES string of the molecule is FC(F)(F)c1nc(N2CCCCC2)c2n1CCNC2. The van der Waals surface area contributed by atoms with E-state index in [0.717, 1.165) is 32.4 Å². The van der Waals surface area contributed by atoms with Crippen molar-refractivity contribution >= 4 is 5.82 Å². The van der Waals surface area contributed by atoms with Crippen LogP contribution in [-0.4, -0.2) is 29.2 Å². The van der Waals surface area contributed by atoms with Crippen LogP contribution in [0.2, 0.25) is 0 Å². The third-order valence-electron chi connectivity index (χ3n) is 3.77. The zero-order chi connectivity index (χ0) is 13.5. The quantitative estimate of drug-likeness (QED) is 0.850. The smallest absolute Gasteiger partial charge is 0.355 e. The van der Waals surface area contributed by atoms with Crippen LogP contribution in [0.15, 0.2) is 0 Å². The van der Waals surface area contributed by atoms with Gasteiger partial charge in [0.2, 0.25) is 5.82 Å². The van der Waals surface area contributed by atoms with Crippen LogP contribution in [-0.2, 0) is 19.3 Å². The van der Waals surface area contributed by atoms with Crippen molar-refractivity contribution in [2.75, 3.05) is 24.5 Å². The number of nitrogens with zero attached hydrogens (tertiary/aromatic N) is 3. The average molecular weight is 274 g/mol. The first kappa shape index (κ1) is 12.8. The van der Waals surface area contributed by atoms with E-state index >= 15 is 0 Å². The van der Waals surface area contributed by atoms with Crippen LogP contribution >= 0.6 is 0 Å². The molecule has 2 aliphatic heterocycles. The van der Waals surface area contributed by atoms with E-state index in [1.54, 1.807) is 0 Å². The lowest BCUT2D eigenvalue weighted by molar-refractivity contribution is -0.147. The fraction of sp³-hybridized carbons (Fsp3) is 0.750. The first-order chi connectivity index (χ1) is 9.07. The van der Waals surface area contributed by atoms with Crippen molar-refractivity contribution < 1.29 is 13.2 Å². The van der Waals surface area contributed by atoms with Gasteiger partial charge in [-0.2, -0.15) is 13.2 Å². The zero-order valence-corrected chi connectivity index (χ0v) is 10.6. The molecule has 0 radical (unpaired) electrons. The number of imidazole rings is 1. The molecule has 1 aromatic heterocycles. The summed E-state index contributed by atoms with van der Waals surface area (Å²) in [6.45, 7) is 2.98. The van der Waals surface area contributed by atoms with E-state index in [4.69, 9.17) is 0 Å². The van der Waals surface area contributed by atoms with Gasteiger partial charge in [0, 0.05) is 32.7 Å². The number of halogens is 3. The van der Waals surface area contributed by atoms with Crippen LogP contribution in [0.4, 0.5) is 19.0 Å². The van der Waals surface area contributed by atoms with E-state index in [0.29, 0.717) is 31.1 Å². The van der Waals surface area contributed by atoms with Gasteiger partial charge in [0.05, 0.1) is 5.69 Å². The highest BCUT2D eigenvalue weighted by Crippen LogP contribution is 2.34. The molecule has 0 atom stereocenters. The predicted octanol–water partition coefficient (Wildman–Crippen LogP) is 2.00. The summed E-state index contributed by atoms with van der Waals surface area (Å²) in [5.74, 6) is -0.219. The van der Waals surface area contributed by atoms with Crippen LogP contribution in [0.25, 0.3) is 0 Å². The Labute approximate surface area is 109 Å². The summed E-state index contributed by atoms with van der Waals surface area (Å²) in [7, 11) is 0. The van der Waals surface area contributed by atoms with Gasteiger partial charge in [0.15, 0.2) is 5.82 Å². The molecule has 0 amide bonds. The molecule has 0 aromatic carbocycles. The Morgan fingerprint density at radius 3 is 2.47 bits per heavy atom. The van der Waals surface area contributed by atoms with Gasteiger partial charge in [-0.1, -0.05) is 0 Å². The van der Waals surface area contributed by atoms with Gasteiger partial charge in [-0.3, -0.25) is 0 Å². The lowest BCUT2D eigenvalue weighted by Gasteiger charge is -2.28. The second-order valence-corrected chi connectivity index (χ2v) is 5.08. The molecule has 1 N–H and O–H groups in total. The third-order valence-corrected chi connectivity index (χ3v) is 3.77. The van der Waals surface area contributed by atoms with Crippen LogP contribution < -0.4 is 10.2 Å². The third kappa shape index (κ3) is 2.31. The molecule has 0 bridgehead atoms. The maximum absolute atomic E-state index is 13.0. The molecule has 1 saturated heterocycles. The highest BCUT2D eigenvalue weighted by atomic mass is 19.4. The minimum Gasteiger partial charge on any atom is -0.355 e. The van der Waals surface area contributed by atoms with E-state index in [1.807, 2.05) is 4.90 Å². The zero-order valence-electron chi connectivity index (χ0n) is 10.6. The number of aromatic nitrogens is 2. The monoisotopic (exact) mass is 274 g/mol. The fourth-order valence-electron chi connectivity index (χ4n) is 2.86. The summed E-state index contributed by atoms with van der Waals surface area (Å²) in [5.41, 5.74) is 0.681. The number of hydrogen-bond acceptors (Lipinski definition) is 3. The van der Waals surface area contributed by atoms with Crippen LogP contribution in [0, 0.1) is 0 Å². The van der Waals surface area contributed by atoms with Crippen molar-refractivity contribution in [1.82, 2.24) is 14.9 Å². The van der Waals surface area contributed by atoms with Gasteiger partial charge >= 0.3 is 6.18 Å². The van der Waals surface area contributed by atoms with E-state index in [2.05, 4.69) is 10.3 Å². The van der Waals surface area contributed by atoms with Crippen molar-refractivity contribution in [3.8, 4) is 0 Å². The van der Waals surface area contributed by atoms with Crippen molar-refractivity contribution in [3.63, 3.8) is 0 Å². The Bertz CT molecular complexity index is 460. The molecule has 2 aliphatic rings. The van der Waals surface area contributed by atoms with Crippen LogP contribution in [0.1, 0.15) is 30.8 Å². The fourth-order valence-corrected chi connectivity index (χ4v) is 2.86. The molecule has 106 valence electrons. The first-order valence-corrected chi connectivity index (χ1v) is 6.69. The molecular weight excluding hydrogens is 257 g/mol. The number of nitrogens with one attached hydrogen (secondary N) is 1. The number of fused-ring (bicyclic) bond motifs is 1. The van der Waals surface area contributed by atoms with Gasteiger partial charge < -0.3 is 14.8 Å². The summed E-state index contributed by atoms with van der Waals surface area (Å²) in [5, 5.41) is 3.13. The lowest BCUT2D eigenvalue weighted by atomic mass is 10.1. The van der Waals surface area contributed by atoms with Crippen molar-refractivity contribution in [1.29, 1.82) is 0 Å². The molecular formula is C12H17F3N4. The van der Waals surface area contributed by atoms with Gasteiger partial charge in [-0.05, 0) is 19.3 Å². The molecule has 3 heterocycles. The summed E-state index contributed by atoms with van der Waals surface area (Å²) in [4.78, 5) is 5.91. The summed E-state index contributed by atoms with van der Waals surface area (Å²) >= 11 is 0. The summed E-state index contributed by atoms with van der Waals surface area (Å²) in [6.07, 6.45) is -1.17. The molecule has 19 heavy (non-hydrogen) atoms. The number of piperidine rings is 1. The van der Waals surface area contributed by atoms with Gasteiger partial charge in [-0.25, -0.2) is 4.98 Å². The molecule has 0 unspecified atom stereocenters. The maximum Gasteiger partial charge on any atom is 0.449 e. The molecule has 4 nitrogen and oxygen atoms in total. The lowest BCUT2D eigenvalue weighted by Crippen LogP contribution is -2.34. The van der Waals surface area contributed by atoms with E-state index < -0.39 is 12.0 Å². The Morgan fingerprint density at radius 1 is 1.05 bits per heavy atom. The first-order valence-electron chi connectivity index (χ1n) is 6.69. The maximum atomic E-state index is 13.0. The Hall–Kier alpha value is -1.24. The summed E-state index contributed by atoms with van der Waals surface area (Å²) < 4.78 is 40.4. The number of alkyl halides is 3. The predicted molar refractivity (Wildman–Crippen MR) is 65.0 cm³/mol. The molecule has 0 aliphatic carbocycles. The van der Waals surface area contributed by atoms with Crippen molar-refractivity contribution in [2.45, 2.75) is 38.5 Å². The van der Waals surface area contributed by atoms with Gasteiger partial charge in [-0.15, -0.1) is 0 Å². The molecule has 7 heteroatoms. The molecule has 1 fully saturated rings. The Morgan fingerprint density at radius 2 is 1.79 bits per heavy atom. The van der Waals surface area contributed by atoms with Gasteiger partial charge in [0.1, 0.15) is 0 Å². The summed E-state index contributed by atoms with van der Waals surface area (Å²) in [6, 6.07) is 0. The van der Waals surface area contributed by atoms with Crippen LogP contribution in [0.5, 0.6) is 0 Å². The number of anilines is 1. The molecule has 0 saturated carbocycles. The Kier molecular flexibility index (Phi) is 3.16. The second-order valence-electron chi connectivity index (χ2n) is 5.08. The minimum absolute atomic E-state index is 0.338. The highest BCUT2D eigenvalue weighted by Gasteiger charge is 2.40. The van der Waals surface area contributed by atoms with Gasteiger partial charge in [0.25, 0.3) is 0 Å². The normalized spacial score (nSPS) is 20.5. The molecule has 0 spiro atoms. The van der Waals surface area contributed by atoms with Crippen molar-refractivity contribution in [3.05, 3.63) is 11.5 Å². The largest absolute Gasteiger partial charge is 0.449 e. The minimum atomic E-state index is -4.37. The topological polar surface area (TPSA) is 33.1 Å². The van der Waals surface area contributed by atoms with E-state index in [1.165, 1.54) is 4.57 Å². The highest BCUT2D eigenvalue weighted by molar-refractivity contribution is 5.47. The average Bonchev–Trinajstić information content (AvgIpc) is 2.79. The number of rotatable bonds is 1.